The zero-order chi connectivity index (χ0) is 14.8. The Labute approximate surface area is 131 Å². The number of methoxy groups -OCH3 is 1. The minimum absolute atomic E-state index is 0.533. The van der Waals surface area contributed by atoms with Crippen LogP contribution >= 0.6 is 15.9 Å². The number of halogens is 1. The van der Waals surface area contributed by atoms with Crippen LogP contribution in [0.4, 0.5) is 0 Å². The van der Waals surface area contributed by atoms with Crippen LogP contribution in [-0.2, 0) is 6.54 Å². The second kappa shape index (κ2) is 6.48. The van der Waals surface area contributed by atoms with Crippen LogP contribution in [0.2, 0.25) is 0 Å². The van der Waals surface area contributed by atoms with Gasteiger partial charge in [-0.15, -0.1) is 0 Å². The van der Waals surface area contributed by atoms with Crippen molar-refractivity contribution in [2.24, 2.45) is 5.41 Å². The normalized spacial score (nSPS) is 19.3. The fraction of sp³-hybridized carbons (Fsp3) is 0.647. The van der Waals surface area contributed by atoms with Crippen molar-refractivity contribution in [3.63, 3.8) is 0 Å². The van der Waals surface area contributed by atoms with Crippen molar-refractivity contribution in [2.45, 2.75) is 52.1 Å². The van der Waals surface area contributed by atoms with Gasteiger partial charge in [0.25, 0.3) is 0 Å². The average molecular weight is 340 g/mol. The zero-order valence-corrected chi connectivity index (χ0v) is 14.7. The summed E-state index contributed by atoms with van der Waals surface area (Å²) in [6, 6.07) is 6.94. The Kier molecular flexibility index (Phi) is 5.14. The van der Waals surface area contributed by atoms with Crippen molar-refractivity contribution in [3.8, 4) is 5.75 Å². The molecule has 1 saturated carbocycles. The first-order valence-corrected chi connectivity index (χ1v) is 8.23. The van der Waals surface area contributed by atoms with Gasteiger partial charge in [-0.3, -0.25) is 4.90 Å². The molecule has 112 valence electrons. The SMILES string of the molecule is COc1ccc(Br)cc1CN(C)C1CCC(C)(C)CC1. The molecule has 0 aliphatic heterocycles. The van der Waals surface area contributed by atoms with Gasteiger partial charge in [0.15, 0.2) is 0 Å². The number of rotatable bonds is 4. The minimum atomic E-state index is 0.533. The summed E-state index contributed by atoms with van der Waals surface area (Å²) in [6.45, 7) is 5.73. The first-order chi connectivity index (χ1) is 9.41. The maximum Gasteiger partial charge on any atom is 0.123 e. The van der Waals surface area contributed by atoms with Crippen LogP contribution in [0.3, 0.4) is 0 Å². The van der Waals surface area contributed by atoms with E-state index in [4.69, 9.17) is 4.74 Å². The first-order valence-electron chi connectivity index (χ1n) is 7.44. The van der Waals surface area contributed by atoms with E-state index in [9.17, 15) is 0 Å². The van der Waals surface area contributed by atoms with Crippen LogP contribution in [-0.4, -0.2) is 25.1 Å². The minimum Gasteiger partial charge on any atom is -0.496 e. The lowest BCUT2D eigenvalue weighted by molar-refractivity contribution is 0.122. The Morgan fingerprint density at radius 3 is 2.55 bits per heavy atom. The molecular formula is C17H26BrNO. The van der Waals surface area contributed by atoms with Gasteiger partial charge in [-0.25, -0.2) is 0 Å². The second-order valence-corrected chi connectivity index (χ2v) is 7.68. The zero-order valence-electron chi connectivity index (χ0n) is 13.1. The number of hydrogen-bond acceptors (Lipinski definition) is 2. The highest BCUT2D eigenvalue weighted by molar-refractivity contribution is 9.10. The van der Waals surface area contributed by atoms with Gasteiger partial charge >= 0.3 is 0 Å². The van der Waals surface area contributed by atoms with E-state index >= 15 is 0 Å². The summed E-state index contributed by atoms with van der Waals surface area (Å²) in [4.78, 5) is 2.49. The summed E-state index contributed by atoms with van der Waals surface area (Å²) in [5.41, 5.74) is 1.79. The molecule has 3 heteroatoms. The van der Waals surface area contributed by atoms with Gasteiger partial charge in [0, 0.05) is 22.6 Å². The van der Waals surface area contributed by atoms with Crippen molar-refractivity contribution in [1.82, 2.24) is 4.90 Å². The quantitative estimate of drug-likeness (QED) is 0.776. The smallest absolute Gasteiger partial charge is 0.123 e. The molecule has 0 N–H and O–H groups in total. The molecule has 0 atom stereocenters. The highest BCUT2D eigenvalue weighted by Gasteiger charge is 2.28. The van der Waals surface area contributed by atoms with E-state index in [0.717, 1.165) is 16.8 Å². The van der Waals surface area contributed by atoms with Crippen LogP contribution in [0.5, 0.6) is 5.75 Å². The lowest BCUT2D eigenvalue weighted by atomic mass is 9.75. The van der Waals surface area contributed by atoms with Crippen molar-refractivity contribution in [3.05, 3.63) is 28.2 Å². The van der Waals surface area contributed by atoms with Gasteiger partial charge in [-0.05, 0) is 56.3 Å². The van der Waals surface area contributed by atoms with Gasteiger partial charge in [0.05, 0.1) is 7.11 Å². The third-order valence-electron chi connectivity index (χ3n) is 4.59. The van der Waals surface area contributed by atoms with Crippen LogP contribution in [0.15, 0.2) is 22.7 Å². The van der Waals surface area contributed by atoms with E-state index < -0.39 is 0 Å². The fourth-order valence-corrected chi connectivity index (χ4v) is 3.50. The van der Waals surface area contributed by atoms with Gasteiger partial charge in [0.1, 0.15) is 5.75 Å². The Morgan fingerprint density at radius 1 is 1.30 bits per heavy atom. The molecule has 1 aliphatic rings. The van der Waals surface area contributed by atoms with Crippen molar-refractivity contribution in [1.29, 1.82) is 0 Å². The largest absolute Gasteiger partial charge is 0.496 e. The van der Waals surface area contributed by atoms with Crippen LogP contribution < -0.4 is 4.74 Å². The molecule has 1 aromatic carbocycles. The molecule has 0 heterocycles. The molecule has 0 radical (unpaired) electrons. The molecule has 1 aromatic rings. The Bertz CT molecular complexity index is 448. The monoisotopic (exact) mass is 339 g/mol. The number of nitrogens with zero attached hydrogens (tertiary/aromatic N) is 1. The van der Waals surface area contributed by atoms with E-state index in [2.05, 4.69) is 47.8 Å². The number of benzene rings is 1. The lowest BCUT2D eigenvalue weighted by Crippen LogP contribution is -2.36. The highest BCUT2D eigenvalue weighted by atomic mass is 79.9. The second-order valence-electron chi connectivity index (χ2n) is 6.77. The summed E-state index contributed by atoms with van der Waals surface area (Å²) >= 11 is 3.55. The van der Waals surface area contributed by atoms with Gasteiger partial charge in [0.2, 0.25) is 0 Å². The average Bonchev–Trinajstić information content (AvgIpc) is 2.38. The lowest BCUT2D eigenvalue weighted by Gasteiger charge is -2.38. The summed E-state index contributed by atoms with van der Waals surface area (Å²) < 4.78 is 6.59. The van der Waals surface area contributed by atoms with Crippen LogP contribution in [0.25, 0.3) is 0 Å². The molecule has 0 aromatic heterocycles. The van der Waals surface area contributed by atoms with Crippen molar-refractivity contribution < 1.29 is 4.74 Å². The summed E-state index contributed by atoms with van der Waals surface area (Å²) in [5, 5.41) is 0. The summed E-state index contributed by atoms with van der Waals surface area (Å²) in [5.74, 6) is 0.983. The molecule has 20 heavy (non-hydrogen) atoms. The molecule has 2 rings (SSSR count). The van der Waals surface area contributed by atoms with Gasteiger partial charge < -0.3 is 4.74 Å². The molecule has 1 aliphatic carbocycles. The summed E-state index contributed by atoms with van der Waals surface area (Å²) in [6.07, 6.45) is 5.27. The molecular weight excluding hydrogens is 314 g/mol. The number of ether oxygens (including phenoxy) is 1. The molecule has 2 nitrogen and oxygen atoms in total. The third kappa shape index (κ3) is 3.98. The predicted molar refractivity (Wildman–Crippen MR) is 88.2 cm³/mol. The summed E-state index contributed by atoms with van der Waals surface area (Å²) in [7, 11) is 3.99. The highest BCUT2D eigenvalue weighted by Crippen LogP contribution is 2.37. The fourth-order valence-electron chi connectivity index (χ4n) is 3.09. The van der Waals surface area contributed by atoms with E-state index in [0.29, 0.717) is 11.5 Å². The molecule has 0 unspecified atom stereocenters. The Hall–Kier alpha value is -0.540. The van der Waals surface area contributed by atoms with Crippen molar-refractivity contribution >= 4 is 15.9 Å². The van der Waals surface area contributed by atoms with Gasteiger partial charge in [-0.1, -0.05) is 29.8 Å². The van der Waals surface area contributed by atoms with Crippen LogP contribution in [0, 0.1) is 5.41 Å². The topological polar surface area (TPSA) is 12.5 Å². The first kappa shape index (κ1) is 15.8. The van der Waals surface area contributed by atoms with E-state index in [-0.39, 0.29) is 0 Å². The van der Waals surface area contributed by atoms with Crippen molar-refractivity contribution in [2.75, 3.05) is 14.2 Å². The molecule has 0 spiro atoms. The third-order valence-corrected chi connectivity index (χ3v) is 5.09. The molecule has 0 saturated heterocycles. The maximum absolute atomic E-state index is 5.47. The maximum atomic E-state index is 5.47. The number of hydrogen-bond donors (Lipinski definition) is 0. The van der Waals surface area contributed by atoms with Crippen LogP contribution in [0.1, 0.15) is 45.1 Å². The Balaban J connectivity index is 2.01. The molecule has 0 bridgehead atoms. The standard InChI is InChI=1S/C17H26BrNO/c1-17(2)9-7-15(8-10-17)19(3)12-13-11-14(18)5-6-16(13)20-4/h5-6,11,15H,7-10,12H2,1-4H3. The predicted octanol–water partition coefficient (Wildman–Crippen LogP) is 4.86. The van der Waals surface area contributed by atoms with E-state index in [1.807, 2.05) is 12.1 Å². The van der Waals surface area contributed by atoms with E-state index in [1.54, 1.807) is 7.11 Å². The molecule has 1 fully saturated rings. The molecule has 0 amide bonds. The van der Waals surface area contributed by atoms with E-state index in [1.165, 1.54) is 31.2 Å². The van der Waals surface area contributed by atoms with Gasteiger partial charge in [-0.2, -0.15) is 0 Å². The Morgan fingerprint density at radius 2 is 1.95 bits per heavy atom.